The summed E-state index contributed by atoms with van der Waals surface area (Å²) in [5.74, 6) is 1.84. The molecular weight excluding hydrogens is 378 g/mol. The zero-order valence-corrected chi connectivity index (χ0v) is 19.0. The molecule has 30 heavy (non-hydrogen) atoms. The van der Waals surface area contributed by atoms with Crippen LogP contribution in [0.2, 0.25) is 0 Å². The lowest BCUT2D eigenvalue weighted by atomic mass is 10.1. The molecule has 0 bridgehead atoms. The number of nitrogens with zero attached hydrogens (tertiary/aromatic N) is 2. The van der Waals surface area contributed by atoms with E-state index in [0.29, 0.717) is 19.1 Å². The average Bonchev–Trinajstić information content (AvgIpc) is 2.72. The topological polar surface area (TPSA) is 78.0 Å². The molecule has 1 fully saturated rings. The Morgan fingerprint density at radius 1 is 1.27 bits per heavy atom. The minimum Gasteiger partial charge on any atom is -0.489 e. The van der Waals surface area contributed by atoms with Crippen LogP contribution in [0.15, 0.2) is 29.3 Å². The molecule has 3 N–H and O–H groups in total. The van der Waals surface area contributed by atoms with Crippen molar-refractivity contribution in [2.45, 2.75) is 59.1 Å². The van der Waals surface area contributed by atoms with Gasteiger partial charge >= 0.3 is 0 Å². The summed E-state index contributed by atoms with van der Waals surface area (Å²) in [6.45, 7) is 12.7. The number of piperidine rings is 1. The Kier molecular flexibility index (Phi) is 10.5. The molecule has 1 unspecified atom stereocenters. The highest BCUT2D eigenvalue weighted by molar-refractivity contribution is 5.80. The van der Waals surface area contributed by atoms with Crippen LogP contribution < -0.4 is 20.7 Å². The zero-order valence-electron chi connectivity index (χ0n) is 19.0. The summed E-state index contributed by atoms with van der Waals surface area (Å²) in [7, 11) is 0. The average molecular weight is 418 g/mol. The van der Waals surface area contributed by atoms with E-state index in [4.69, 9.17) is 9.73 Å². The molecule has 1 atom stereocenters. The van der Waals surface area contributed by atoms with Crippen molar-refractivity contribution in [1.82, 2.24) is 20.9 Å². The van der Waals surface area contributed by atoms with Gasteiger partial charge in [0.25, 0.3) is 0 Å². The molecule has 0 spiro atoms. The number of carbonyl (C=O) groups is 1. The second-order valence-corrected chi connectivity index (χ2v) is 8.01. The fourth-order valence-electron chi connectivity index (χ4n) is 3.45. The lowest BCUT2D eigenvalue weighted by molar-refractivity contribution is -0.122. The third kappa shape index (κ3) is 9.03. The summed E-state index contributed by atoms with van der Waals surface area (Å²) < 4.78 is 5.99. The minimum absolute atomic E-state index is 0.00858. The number of ether oxygens (including phenoxy) is 1. The van der Waals surface area contributed by atoms with E-state index in [9.17, 15) is 4.79 Å². The Morgan fingerprint density at radius 2 is 2.03 bits per heavy atom. The predicted molar refractivity (Wildman–Crippen MR) is 123 cm³/mol. The van der Waals surface area contributed by atoms with Gasteiger partial charge in [0.1, 0.15) is 11.9 Å². The fraction of sp³-hybridized carbons (Fsp3) is 0.652. The van der Waals surface area contributed by atoms with Crippen LogP contribution in [0.1, 0.15) is 45.6 Å². The van der Waals surface area contributed by atoms with E-state index in [1.165, 1.54) is 5.56 Å². The van der Waals surface area contributed by atoms with Crippen molar-refractivity contribution in [3.63, 3.8) is 0 Å². The summed E-state index contributed by atoms with van der Waals surface area (Å²) in [6, 6.07) is 8.45. The molecule has 168 valence electrons. The summed E-state index contributed by atoms with van der Waals surface area (Å²) in [4.78, 5) is 18.8. The van der Waals surface area contributed by atoms with Crippen LogP contribution in [0.25, 0.3) is 0 Å². The molecule has 1 aliphatic rings. The van der Waals surface area contributed by atoms with Crippen LogP contribution in [-0.4, -0.2) is 68.2 Å². The molecule has 1 amide bonds. The highest BCUT2D eigenvalue weighted by atomic mass is 16.5. The van der Waals surface area contributed by atoms with E-state index in [-0.39, 0.29) is 12.0 Å². The molecular formula is C23H39N5O2. The van der Waals surface area contributed by atoms with Crippen LogP contribution in [-0.2, 0) is 4.79 Å². The maximum Gasteiger partial charge on any atom is 0.234 e. The Hall–Kier alpha value is -2.28. The van der Waals surface area contributed by atoms with Gasteiger partial charge in [0.15, 0.2) is 5.96 Å². The van der Waals surface area contributed by atoms with Crippen molar-refractivity contribution in [1.29, 1.82) is 0 Å². The summed E-state index contributed by atoms with van der Waals surface area (Å²) in [5.41, 5.74) is 1.19. The first-order valence-electron chi connectivity index (χ1n) is 11.3. The number of hydrogen-bond donors (Lipinski definition) is 3. The first-order valence-corrected chi connectivity index (χ1v) is 11.3. The lowest BCUT2D eigenvalue weighted by Gasteiger charge is -2.32. The Morgan fingerprint density at radius 3 is 2.70 bits per heavy atom. The van der Waals surface area contributed by atoms with Crippen molar-refractivity contribution < 1.29 is 9.53 Å². The van der Waals surface area contributed by atoms with Crippen molar-refractivity contribution in [3.05, 3.63) is 29.8 Å². The number of guanidine groups is 1. The van der Waals surface area contributed by atoms with Gasteiger partial charge in [0.05, 0.1) is 13.1 Å². The van der Waals surface area contributed by atoms with Crippen molar-refractivity contribution in [2.75, 3.05) is 39.3 Å². The van der Waals surface area contributed by atoms with E-state index in [1.807, 2.05) is 25.1 Å². The number of amides is 1. The van der Waals surface area contributed by atoms with Gasteiger partial charge in [0.2, 0.25) is 5.91 Å². The van der Waals surface area contributed by atoms with Gasteiger partial charge in [-0.25, -0.2) is 4.99 Å². The predicted octanol–water partition coefficient (Wildman–Crippen LogP) is 2.31. The largest absolute Gasteiger partial charge is 0.489 e. The van der Waals surface area contributed by atoms with Crippen LogP contribution in [0.5, 0.6) is 5.75 Å². The van der Waals surface area contributed by atoms with E-state index >= 15 is 0 Å². The summed E-state index contributed by atoms with van der Waals surface area (Å²) in [6.07, 6.45) is 2.96. The maximum atomic E-state index is 11.9. The lowest BCUT2D eigenvalue weighted by Crippen LogP contribution is -2.50. The zero-order chi connectivity index (χ0) is 21.8. The van der Waals surface area contributed by atoms with Crippen LogP contribution in [0.4, 0.5) is 0 Å². The van der Waals surface area contributed by atoms with Gasteiger partial charge in [-0.3, -0.25) is 9.69 Å². The smallest absolute Gasteiger partial charge is 0.234 e. The van der Waals surface area contributed by atoms with Crippen LogP contribution in [0, 0.1) is 6.92 Å². The van der Waals surface area contributed by atoms with E-state index in [0.717, 1.165) is 57.2 Å². The third-order valence-corrected chi connectivity index (χ3v) is 5.05. The summed E-state index contributed by atoms with van der Waals surface area (Å²) >= 11 is 0. The summed E-state index contributed by atoms with van der Waals surface area (Å²) in [5, 5.41) is 9.83. The number of benzene rings is 1. The Balaban J connectivity index is 1.77. The number of aliphatic imine (C=N–C) groups is 1. The highest BCUT2D eigenvalue weighted by Crippen LogP contribution is 2.14. The monoisotopic (exact) mass is 417 g/mol. The molecule has 1 heterocycles. The van der Waals surface area contributed by atoms with Gasteiger partial charge < -0.3 is 20.7 Å². The van der Waals surface area contributed by atoms with Gasteiger partial charge in [-0.05, 0) is 57.7 Å². The number of rotatable bonds is 10. The first kappa shape index (κ1) is 24.0. The maximum absolute atomic E-state index is 11.9. The molecule has 7 heteroatoms. The molecule has 1 saturated heterocycles. The van der Waals surface area contributed by atoms with Gasteiger partial charge in [0, 0.05) is 32.2 Å². The number of likely N-dealkylation sites (tertiary alicyclic amines) is 1. The fourth-order valence-corrected chi connectivity index (χ4v) is 3.45. The van der Waals surface area contributed by atoms with Gasteiger partial charge in [-0.15, -0.1) is 0 Å². The highest BCUT2D eigenvalue weighted by Gasteiger charge is 2.21. The number of nitrogens with one attached hydrogen (secondary N) is 3. The molecule has 0 saturated carbocycles. The normalized spacial score (nSPS) is 16.7. The Labute approximate surface area is 181 Å². The number of hydrogen-bond acceptors (Lipinski definition) is 4. The molecule has 1 aromatic carbocycles. The van der Waals surface area contributed by atoms with E-state index in [1.54, 1.807) is 0 Å². The van der Waals surface area contributed by atoms with Crippen molar-refractivity contribution in [2.24, 2.45) is 4.99 Å². The van der Waals surface area contributed by atoms with Crippen LogP contribution in [0.3, 0.4) is 0 Å². The minimum atomic E-state index is -0.00858. The van der Waals surface area contributed by atoms with Crippen molar-refractivity contribution >= 4 is 11.9 Å². The molecule has 0 radical (unpaired) electrons. The SMILES string of the molecule is CCCNC(=O)CN1CCC(NC(=NCC(C)Oc2cccc(C)c2)NCC)CC1. The molecule has 0 aliphatic carbocycles. The second kappa shape index (κ2) is 13.1. The molecule has 7 nitrogen and oxygen atoms in total. The molecule has 2 rings (SSSR count). The van der Waals surface area contributed by atoms with Gasteiger partial charge in [-0.2, -0.15) is 0 Å². The third-order valence-electron chi connectivity index (χ3n) is 5.05. The molecule has 1 aromatic rings. The van der Waals surface area contributed by atoms with Gasteiger partial charge in [-0.1, -0.05) is 19.1 Å². The number of carbonyl (C=O) groups excluding carboxylic acids is 1. The second-order valence-electron chi connectivity index (χ2n) is 8.01. The quantitative estimate of drug-likeness (QED) is 0.402. The Bertz CT molecular complexity index is 671. The van der Waals surface area contributed by atoms with Crippen molar-refractivity contribution in [3.8, 4) is 5.75 Å². The van der Waals surface area contributed by atoms with E-state index in [2.05, 4.69) is 47.7 Å². The number of aryl methyl sites for hydroxylation is 1. The molecule has 0 aromatic heterocycles. The molecule has 1 aliphatic heterocycles. The van der Waals surface area contributed by atoms with Crippen LogP contribution >= 0.6 is 0 Å². The first-order chi connectivity index (χ1) is 14.5. The van der Waals surface area contributed by atoms with E-state index < -0.39 is 0 Å². The standard InChI is InChI=1S/C23H39N5O2/c1-5-12-25-22(29)17-28-13-10-20(11-14-28)27-23(24-6-2)26-16-19(4)30-21-9-7-8-18(3)15-21/h7-9,15,19-20H,5-6,10-14,16-17H2,1-4H3,(H,25,29)(H2,24,26,27).